The van der Waals surface area contributed by atoms with Crippen LogP contribution in [-0.4, -0.2) is 47.0 Å². The summed E-state index contributed by atoms with van der Waals surface area (Å²) in [6.45, 7) is 0. The van der Waals surface area contributed by atoms with Gasteiger partial charge in [0.15, 0.2) is 0 Å². The van der Waals surface area contributed by atoms with E-state index in [4.69, 9.17) is 15.7 Å². The molecule has 38 heavy (non-hydrogen) atoms. The zero-order valence-corrected chi connectivity index (χ0v) is 23.0. The normalized spacial score (nSPS) is 14.6. The molecule has 4 aromatic rings. The van der Waals surface area contributed by atoms with Crippen LogP contribution in [0.15, 0.2) is 48.7 Å². The van der Waals surface area contributed by atoms with E-state index in [9.17, 15) is 8.42 Å². The number of nitrogens with zero attached hydrogens (tertiary/aromatic N) is 5. The van der Waals surface area contributed by atoms with Crippen LogP contribution in [0.3, 0.4) is 0 Å². The third kappa shape index (κ3) is 5.60. The van der Waals surface area contributed by atoms with E-state index in [0.29, 0.717) is 24.2 Å². The SMILES string of the molecule is CN(c1ccnc(Nc2ccc(CCS(C)(=O)=O)cc2)n1)c1ccc2c(nc(N)n2C)c1C1CCCCC1. The molecular formula is C28H35N7O2S. The van der Waals surface area contributed by atoms with Crippen LogP contribution < -0.4 is 16.0 Å². The van der Waals surface area contributed by atoms with Gasteiger partial charge in [0, 0.05) is 43.5 Å². The Kier molecular flexibility index (Phi) is 7.25. The molecule has 0 unspecified atom stereocenters. The molecule has 0 atom stereocenters. The Bertz CT molecular complexity index is 1540. The number of hydrogen-bond acceptors (Lipinski definition) is 8. The number of anilines is 5. The van der Waals surface area contributed by atoms with Crippen molar-refractivity contribution in [3.63, 3.8) is 0 Å². The summed E-state index contributed by atoms with van der Waals surface area (Å²) in [7, 11) is 0.996. The molecule has 0 amide bonds. The van der Waals surface area contributed by atoms with Gasteiger partial charge >= 0.3 is 0 Å². The first-order valence-corrected chi connectivity index (χ1v) is 15.1. The first kappa shape index (κ1) is 26.0. The van der Waals surface area contributed by atoms with Gasteiger partial charge in [-0.15, -0.1) is 0 Å². The highest BCUT2D eigenvalue weighted by Crippen LogP contribution is 2.43. The third-order valence-electron chi connectivity index (χ3n) is 7.44. The number of imidazole rings is 1. The molecule has 10 heteroatoms. The number of aromatic nitrogens is 4. The summed E-state index contributed by atoms with van der Waals surface area (Å²) in [6.07, 6.45) is 9.52. The van der Waals surface area contributed by atoms with Crippen molar-refractivity contribution >= 4 is 50.0 Å². The summed E-state index contributed by atoms with van der Waals surface area (Å²) in [5, 5.41) is 3.27. The van der Waals surface area contributed by atoms with E-state index in [1.807, 2.05) is 49.0 Å². The van der Waals surface area contributed by atoms with Crippen LogP contribution in [0.2, 0.25) is 0 Å². The van der Waals surface area contributed by atoms with Crippen molar-refractivity contribution in [1.82, 2.24) is 19.5 Å². The summed E-state index contributed by atoms with van der Waals surface area (Å²) in [5.41, 5.74) is 12.4. The lowest BCUT2D eigenvalue weighted by Gasteiger charge is -2.28. The quantitative estimate of drug-likeness (QED) is 0.321. The second-order valence-electron chi connectivity index (χ2n) is 10.2. The lowest BCUT2D eigenvalue weighted by atomic mass is 9.82. The predicted molar refractivity (Wildman–Crippen MR) is 154 cm³/mol. The monoisotopic (exact) mass is 533 g/mol. The van der Waals surface area contributed by atoms with E-state index in [-0.39, 0.29) is 5.75 Å². The first-order chi connectivity index (χ1) is 18.2. The molecule has 1 aliphatic carbocycles. The number of hydrogen-bond donors (Lipinski definition) is 2. The average Bonchev–Trinajstić information content (AvgIpc) is 3.20. The minimum absolute atomic E-state index is 0.136. The number of benzene rings is 2. The molecule has 2 aromatic carbocycles. The van der Waals surface area contributed by atoms with Crippen LogP contribution in [-0.2, 0) is 23.3 Å². The van der Waals surface area contributed by atoms with Gasteiger partial charge in [-0.05, 0) is 61.1 Å². The maximum atomic E-state index is 11.5. The molecule has 9 nitrogen and oxygen atoms in total. The minimum atomic E-state index is -2.99. The van der Waals surface area contributed by atoms with Crippen LogP contribution in [0.4, 0.5) is 29.1 Å². The molecule has 1 saturated carbocycles. The molecule has 1 aliphatic rings. The number of nitrogens with one attached hydrogen (secondary N) is 1. The van der Waals surface area contributed by atoms with E-state index < -0.39 is 9.84 Å². The van der Waals surface area contributed by atoms with Gasteiger partial charge in [-0.25, -0.2) is 18.4 Å². The van der Waals surface area contributed by atoms with Gasteiger partial charge in [0.2, 0.25) is 11.9 Å². The predicted octanol–water partition coefficient (Wildman–Crippen LogP) is 5.09. The van der Waals surface area contributed by atoms with Crippen molar-refractivity contribution in [3.05, 3.63) is 59.8 Å². The molecule has 3 N–H and O–H groups in total. The zero-order valence-electron chi connectivity index (χ0n) is 22.2. The lowest BCUT2D eigenvalue weighted by Crippen LogP contribution is -2.17. The van der Waals surface area contributed by atoms with E-state index in [0.717, 1.165) is 46.6 Å². The van der Waals surface area contributed by atoms with E-state index in [1.54, 1.807) is 6.20 Å². The smallest absolute Gasteiger partial charge is 0.229 e. The van der Waals surface area contributed by atoms with Crippen LogP contribution in [0.5, 0.6) is 0 Å². The Hall–Kier alpha value is -3.66. The Balaban J connectivity index is 1.42. The Labute approximate surface area is 224 Å². The number of aryl methyl sites for hydroxylation is 2. The molecule has 2 aromatic heterocycles. The number of rotatable bonds is 8. The van der Waals surface area contributed by atoms with Crippen LogP contribution >= 0.6 is 0 Å². The Morgan fingerprint density at radius 2 is 1.79 bits per heavy atom. The van der Waals surface area contributed by atoms with Gasteiger partial charge in [0.05, 0.1) is 16.8 Å². The van der Waals surface area contributed by atoms with E-state index >= 15 is 0 Å². The topological polar surface area (TPSA) is 119 Å². The van der Waals surface area contributed by atoms with E-state index in [2.05, 4.69) is 27.3 Å². The number of nitrogens with two attached hydrogens (primary N) is 1. The maximum absolute atomic E-state index is 11.5. The number of nitrogen functional groups attached to an aromatic ring is 1. The van der Waals surface area contributed by atoms with Crippen molar-refractivity contribution in [2.24, 2.45) is 7.05 Å². The molecule has 0 bridgehead atoms. The fourth-order valence-corrected chi connectivity index (χ4v) is 5.89. The molecule has 5 rings (SSSR count). The van der Waals surface area contributed by atoms with Crippen molar-refractivity contribution in [1.29, 1.82) is 0 Å². The molecule has 0 aliphatic heterocycles. The van der Waals surface area contributed by atoms with Gasteiger partial charge < -0.3 is 20.5 Å². The maximum Gasteiger partial charge on any atom is 0.229 e. The second kappa shape index (κ2) is 10.6. The van der Waals surface area contributed by atoms with Crippen LogP contribution in [0, 0.1) is 0 Å². The number of fused-ring (bicyclic) bond motifs is 1. The molecule has 2 heterocycles. The summed E-state index contributed by atoms with van der Waals surface area (Å²) < 4.78 is 24.8. The lowest BCUT2D eigenvalue weighted by molar-refractivity contribution is 0.445. The molecular weight excluding hydrogens is 498 g/mol. The highest BCUT2D eigenvalue weighted by molar-refractivity contribution is 7.90. The fraction of sp³-hybridized carbons (Fsp3) is 0.393. The Morgan fingerprint density at radius 3 is 2.50 bits per heavy atom. The largest absolute Gasteiger partial charge is 0.369 e. The minimum Gasteiger partial charge on any atom is -0.369 e. The molecule has 200 valence electrons. The number of sulfone groups is 1. The van der Waals surface area contributed by atoms with Crippen LogP contribution in [0.25, 0.3) is 11.0 Å². The molecule has 1 fully saturated rings. The van der Waals surface area contributed by atoms with Gasteiger partial charge in [0.1, 0.15) is 15.7 Å². The molecule has 0 saturated heterocycles. The zero-order chi connectivity index (χ0) is 26.9. The summed E-state index contributed by atoms with van der Waals surface area (Å²) in [4.78, 5) is 16.1. The Morgan fingerprint density at radius 1 is 1.05 bits per heavy atom. The van der Waals surface area contributed by atoms with Crippen molar-refractivity contribution in [3.8, 4) is 0 Å². The summed E-state index contributed by atoms with van der Waals surface area (Å²) >= 11 is 0. The van der Waals surface area contributed by atoms with Gasteiger partial charge in [-0.3, -0.25) is 0 Å². The molecule has 0 spiro atoms. The first-order valence-electron chi connectivity index (χ1n) is 13.0. The van der Waals surface area contributed by atoms with Crippen molar-refractivity contribution in [2.75, 3.05) is 35.0 Å². The highest BCUT2D eigenvalue weighted by Gasteiger charge is 2.26. The van der Waals surface area contributed by atoms with Gasteiger partial charge in [-0.1, -0.05) is 31.4 Å². The van der Waals surface area contributed by atoms with Crippen LogP contribution in [0.1, 0.15) is 49.1 Å². The summed E-state index contributed by atoms with van der Waals surface area (Å²) in [5.74, 6) is 2.34. The third-order valence-corrected chi connectivity index (χ3v) is 8.38. The van der Waals surface area contributed by atoms with Crippen molar-refractivity contribution < 1.29 is 8.42 Å². The standard InChI is InChI=1S/C28H35N7O2S/c1-34(22-13-14-23-26(33-27(29)35(23)2)25(22)20-7-5-4-6-8-20)24-15-17-30-28(32-24)31-21-11-9-19(10-12-21)16-18-38(3,36)37/h9-15,17,20H,4-8,16,18H2,1-3H3,(H2,29,33)(H,30,31,32). The highest BCUT2D eigenvalue weighted by atomic mass is 32.2. The fourth-order valence-electron chi connectivity index (χ4n) is 5.28. The average molecular weight is 534 g/mol. The molecule has 0 radical (unpaired) electrons. The summed E-state index contributed by atoms with van der Waals surface area (Å²) in [6, 6.07) is 13.8. The van der Waals surface area contributed by atoms with Crippen molar-refractivity contribution in [2.45, 2.75) is 44.4 Å². The second-order valence-corrected chi connectivity index (χ2v) is 12.5. The van der Waals surface area contributed by atoms with Gasteiger partial charge in [-0.2, -0.15) is 4.98 Å². The van der Waals surface area contributed by atoms with Gasteiger partial charge in [0.25, 0.3) is 0 Å². The van der Waals surface area contributed by atoms with E-state index in [1.165, 1.54) is 31.1 Å².